The molecule has 0 saturated heterocycles. The molecule has 0 aliphatic heterocycles. The Bertz CT molecular complexity index is 467. The van der Waals surface area contributed by atoms with E-state index in [9.17, 15) is 4.79 Å². The van der Waals surface area contributed by atoms with Crippen molar-refractivity contribution in [3.05, 3.63) is 34.0 Å². The summed E-state index contributed by atoms with van der Waals surface area (Å²) in [6.45, 7) is 2.41. The number of nitrogens with one attached hydrogen (secondary N) is 2. The van der Waals surface area contributed by atoms with Gasteiger partial charge in [-0.15, -0.1) is 22.7 Å². The fourth-order valence-electron chi connectivity index (χ4n) is 1.60. The maximum absolute atomic E-state index is 11.7. The zero-order valence-corrected chi connectivity index (χ0v) is 11.7. The smallest absolute Gasteiger partial charge is 0.240 e. The van der Waals surface area contributed by atoms with Crippen LogP contribution in [0.25, 0.3) is 0 Å². The largest absolute Gasteiger partial charge is 0.301 e. The molecule has 1 atom stereocenters. The van der Waals surface area contributed by atoms with Gasteiger partial charge in [0.1, 0.15) is 0 Å². The van der Waals surface area contributed by atoms with Crippen molar-refractivity contribution in [2.75, 3.05) is 11.9 Å². The molecule has 0 unspecified atom stereocenters. The van der Waals surface area contributed by atoms with Crippen LogP contribution in [0, 0.1) is 0 Å². The Morgan fingerprint density at radius 1 is 1.44 bits per heavy atom. The minimum atomic E-state index is -0.0556. The van der Waals surface area contributed by atoms with Crippen LogP contribution in [0.2, 0.25) is 0 Å². The third-order valence-electron chi connectivity index (χ3n) is 2.48. The van der Waals surface area contributed by atoms with E-state index in [1.807, 2.05) is 11.4 Å². The first-order chi connectivity index (χ1) is 8.79. The second-order valence-corrected chi connectivity index (χ2v) is 5.62. The van der Waals surface area contributed by atoms with Crippen molar-refractivity contribution >= 4 is 33.7 Å². The lowest BCUT2D eigenvalue weighted by molar-refractivity contribution is -0.115. The molecule has 96 valence electrons. The molecule has 18 heavy (non-hydrogen) atoms. The molecule has 4 nitrogen and oxygen atoms in total. The molecule has 2 N–H and O–H groups in total. The van der Waals surface area contributed by atoms with E-state index in [1.54, 1.807) is 17.5 Å². The average Bonchev–Trinajstić information content (AvgIpc) is 3.02. The lowest BCUT2D eigenvalue weighted by Crippen LogP contribution is -2.30. The van der Waals surface area contributed by atoms with Gasteiger partial charge in [-0.25, -0.2) is 4.98 Å². The number of hydrogen-bond donors (Lipinski definition) is 2. The number of amides is 1. The summed E-state index contributed by atoms with van der Waals surface area (Å²) in [6, 6.07) is 4.36. The average molecular weight is 281 g/mol. The third-order valence-corrected chi connectivity index (χ3v) is 4.16. The van der Waals surface area contributed by atoms with Gasteiger partial charge in [0.05, 0.1) is 6.54 Å². The first-order valence-electron chi connectivity index (χ1n) is 5.75. The van der Waals surface area contributed by atoms with Crippen LogP contribution in [0.4, 0.5) is 5.13 Å². The third kappa shape index (κ3) is 3.63. The quantitative estimate of drug-likeness (QED) is 0.856. The van der Waals surface area contributed by atoms with Gasteiger partial charge in [0.2, 0.25) is 5.91 Å². The summed E-state index contributed by atoms with van der Waals surface area (Å²) in [7, 11) is 0. The number of carbonyl (C=O) groups excluding carboxylic acids is 1. The van der Waals surface area contributed by atoms with Gasteiger partial charge >= 0.3 is 0 Å². The molecular weight excluding hydrogens is 266 g/mol. The minimum Gasteiger partial charge on any atom is -0.301 e. The Labute approximate surface area is 114 Å². The summed E-state index contributed by atoms with van der Waals surface area (Å²) in [5.41, 5.74) is 0. The van der Waals surface area contributed by atoms with Crippen molar-refractivity contribution < 1.29 is 4.79 Å². The highest BCUT2D eigenvalue weighted by Gasteiger charge is 2.11. The topological polar surface area (TPSA) is 54.0 Å². The van der Waals surface area contributed by atoms with Crippen LogP contribution in [0.15, 0.2) is 29.1 Å². The van der Waals surface area contributed by atoms with E-state index in [-0.39, 0.29) is 11.9 Å². The zero-order chi connectivity index (χ0) is 12.8. The molecule has 2 aromatic rings. The second kappa shape index (κ2) is 6.63. The molecule has 0 fully saturated rings. The Kier molecular flexibility index (Phi) is 4.86. The van der Waals surface area contributed by atoms with E-state index in [0.717, 1.165) is 6.42 Å². The number of thiazole rings is 1. The number of rotatable bonds is 6. The predicted octanol–water partition coefficient (Wildman–Crippen LogP) is 2.88. The predicted molar refractivity (Wildman–Crippen MR) is 76.1 cm³/mol. The van der Waals surface area contributed by atoms with E-state index in [2.05, 4.69) is 34.0 Å². The van der Waals surface area contributed by atoms with E-state index in [1.165, 1.54) is 16.2 Å². The van der Waals surface area contributed by atoms with Crippen LogP contribution < -0.4 is 10.6 Å². The van der Waals surface area contributed by atoms with Crippen molar-refractivity contribution in [1.82, 2.24) is 10.3 Å². The van der Waals surface area contributed by atoms with Gasteiger partial charge < -0.3 is 10.6 Å². The molecule has 2 rings (SSSR count). The molecule has 0 saturated carbocycles. The van der Waals surface area contributed by atoms with Gasteiger partial charge in [-0.3, -0.25) is 4.79 Å². The SMILES string of the molecule is CC[C@@H](NCC(=O)Nc1nccs1)c1cccs1. The fourth-order valence-corrected chi connectivity index (χ4v) is 3.03. The Hall–Kier alpha value is -1.24. The van der Waals surface area contributed by atoms with Gasteiger partial charge in [-0.05, 0) is 17.9 Å². The second-order valence-electron chi connectivity index (χ2n) is 3.74. The highest BCUT2D eigenvalue weighted by Crippen LogP contribution is 2.21. The summed E-state index contributed by atoms with van der Waals surface area (Å²) >= 11 is 3.13. The summed E-state index contributed by atoms with van der Waals surface area (Å²) in [4.78, 5) is 17.0. The summed E-state index contributed by atoms with van der Waals surface area (Å²) < 4.78 is 0. The number of nitrogens with zero attached hydrogens (tertiary/aromatic N) is 1. The van der Waals surface area contributed by atoms with Crippen molar-refractivity contribution in [3.8, 4) is 0 Å². The van der Waals surface area contributed by atoms with Crippen LogP contribution in [-0.4, -0.2) is 17.4 Å². The lowest BCUT2D eigenvalue weighted by atomic mass is 10.2. The van der Waals surface area contributed by atoms with E-state index in [4.69, 9.17) is 0 Å². The van der Waals surface area contributed by atoms with Crippen molar-refractivity contribution in [1.29, 1.82) is 0 Å². The monoisotopic (exact) mass is 281 g/mol. The van der Waals surface area contributed by atoms with Gasteiger partial charge in [0.15, 0.2) is 5.13 Å². The Morgan fingerprint density at radius 3 is 2.94 bits per heavy atom. The van der Waals surface area contributed by atoms with E-state index < -0.39 is 0 Å². The van der Waals surface area contributed by atoms with Crippen molar-refractivity contribution in [2.45, 2.75) is 19.4 Å². The van der Waals surface area contributed by atoms with E-state index >= 15 is 0 Å². The van der Waals surface area contributed by atoms with Crippen LogP contribution >= 0.6 is 22.7 Å². The van der Waals surface area contributed by atoms with Gasteiger partial charge in [-0.1, -0.05) is 13.0 Å². The standard InChI is InChI=1S/C12H15N3OS2/c1-2-9(10-4-3-6-17-10)14-8-11(16)15-12-13-5-7-18-12/h3-7,9,14H,2,8H2,1H3,(H,13,15,16)/t9-/m1/s1. The molecule has 0 aromatic carbocycles. The minimum absolute atomic E-state index is 0.0556. The highest BCUT2D eigenvalue weighted by atomic mass is 32.1. The first-order valence-corrected chi connectivity index (χ1v) is 7.51. The maximum Gasteiger partial charge on any atom is 0.240 e. The normalized spacial score (nSPS) is 12.3. The number of aromatic nitrogens is 1. The molecule has 1 amide bonds. The highest BCUT2D eigenvalue weighted by molar-refractivity contribution is 7.13. The summed E-state index contributed by atoms with van der Waals surface area (Å²) in [5, 5.41) is 10.5. The molecule has 0 bridgehead atoms. The fraction of sp³-hybridized carbons (Fsp3) is 0.333. The molecule has 0 spiro atoms. The molecule has 0 aliphatic carbocycles. The summed E-state index contributed by atoms with van der Waals surface area (Å²) in [6.07, 6.45) is 2.64. The number of hydrogen-bond acceptors (Lipinski definition) is 5. The Balaban J connectivity index is 1.81. The van der Waals surface area contributed by atoms with Crippen LogP contribution in [0.3, 0.4) is 0 Å². The summed E-state index contributed by atoms with van der Waals surface area (Å²) in [5.74, 6) is -0.0556. The number of anilines is 1. The van der Waals surface area contributed by atoms with Crippen LogP contribution in [0.5, 0.6) is 0 Å². The molecular formula is C12H15N3OS2. The van der Waals surface area contributed by atoms with Gasteiger partial charge in [0, 0.05) is 22.5 Å². The van der Waals surface area contributed by atoms with Crippen LogP contribution in [-0.2, 0) is 4.79 Å². The zero-order valence-electron chi connectivity index (χ0n) is 10.1. The van der Waals surface area contributed by atoms with Crippen LogP contribution in [0.1, 0.15) is 24.3 Å². The van der Waals surface area contributed by atoms with Gasteiger partial charge in [-0.2, -0.15) is 0 Å². The molecule has 0 aliphatic rings. The van der Waals surface area contributed by atoms with E-state index in [0.29, 0.717) is 11.7 Å². The molecule has 0 radical (unpaired) electrons. The Morgan fingerprint density at radius 2 is 2.33 bits per heavy atom. The molecule has 2 heterocycles. The number of thiophene rings is 1. The van der Waals surface area contributed by atoms with Gasteiger partial charge in [0.25, 0.3) is 0 Å². The van der Waals surface area contributed by atoms with Crippen molar-refractivity contribution in [2.24, 2.45) is 0 Å². The molecule has 6 heteroatoms. The maximum atomic E-state index is 11.7. The molecule has 2 aromatic heterocycles. The van der Waals surface area contributed by atoms with Crippen molar-refractivity contribution in [3.63, 3.8) is 0 Å². The lowest BCUT2D eigenvalue weighted by Gasteiger charge is -2.14. The number of carbonyl (C=O) groups is 1. The first kappa shape index (κ1) is 13.2.